The molecule has 12 aromatic carbocycles. The zero-order chi connectivity index (χ0) is 71.9. The van der Waals surface area contributed by atoms with Gasteiger partial charge in [0, 0.05) is 71.6 Å². The van der Waals surface area contributed by atoms with Gasteiger partial charge in [0.25, 0.3) is 0 Å². The monoisotopic (exact) mass is 1320 g/mol. The zero-order valence-electron chi connectivity index (χ0n) is 54.1. The third kappa shape index (κ3) is 10.6. The van der Waals surface area contributed by atoms with Crippen LogP contribution in [0.15, 0.2) is 231 Å². The Labute approximate surface area is 593 Å². The van der Waals surface area contributed by atoms with Gasteiger partial charge in [0.1, 0.15) is 0 Å². The largest absolute Gasteiger partial charge is 0.309 e. The van der Waals surface area contributed by atoms with Crippen molar-refractivity contribution in [3.63, 3.8) is 0 Å². The van der Waals surface area contributed by atoms with Gasteiger partial charge in [-0.05, 0) is 138 Å². The van der Waals surface area contributed by atoms with E-state index >= 15 is 0 Å². The molecule has 0 spiro atoms. The van der Waals surface area contributed by atoms with Gasteiger partial charge in [-0.25, -0.2) is 9.97 Å². The highest BCUT2D eigenvalue weighted by atomic mass is 15.0. The maximum Gasteiger partial charge on any atom is 0.160 e. The van der Waals surface area contributed by atoms with E-state index in [2.05, 4.69) is 82.0 Å². The van der Waals surface area contributed by atoms with Crippen LogP contribution in [0.4, 0.5) is 0 Å². The summed E-state index contributed by atoms with van der Waals surface area (Å²) in [4.78, 5) is 10.6. The van der Waals surface area contributed by atoms with Gasteiger partial charge in [-0.3, -0.25) is 0 Å². The molecule has 470 valence electrons. The minimum Gasteiger partial charge on any atom is -0.309 e. The van der Waals surface area contributed by atoms with Gasteiger partial charge >= 0.3 is 0 Å². The Kier molecular flexibility index (Phi) is 15.8. The molecule has 0 aliphatic carbocycles. The molecule has 0 aliphatic rings. The minimum absolute atomic E-state index is 0.0946. The summed E-state index contributed by atoms with van der Waals surface area (Å²) in [6.07, 6.45) is 0. The number of hydrogen-bond donors (Lipinski definition) is 0. The summed E-state index contributed by atoms with van der Waals surface area (Å²) in [5.74, 6) is 0.385. The number of hydrogen-bond acceptors (Lipinski definition) is 14. The predicted molar refractivity (Wildman–Crippen MR) is 391 cm³/mol. The Hall–Kier alpha value is -16.8. The van der Waals surface area contributed by atoms with E-state index in [-0.39, 0.29) is 66.8 Å². The molecule has 0 saturated carbocycles. The number of rotatable bonds is 10. The van der Waals surface area contributed by atoms with Gasteiger partial charge in [0.2, 0.25) is 0 Å². The molecule has 0 unspecified atom stereocenters. The quantitative estimate of drug-likeness (QED) is 0.123. The van der Waals surface area contributed by atoms with Crippen molar-refractivity contribution < 1.29 is 0 Å². The fraction of sp³-hybridized carbons (Fsp3) is 0. The van der Waals surface area contributed by atoms with E-state index in [4.69, 9.17) is 9.97 Å². The summed E-state index contributed by atoms with van der Waals surface area (Å²) in [5.41, 5.74) is 13.3. The topological polar surface area (TPSA) is 321 Å². The van der Waals surface area contributed by atoms with Crippen molar-refractivity contribution >= 4 is 43.6 Å². The molecule has 0 N–H and O–H groups in total. The van der Waals surface area contributed by atoms with Crippen LogP contribution < -0.4 is 0 Å². The fourth-order valence-corrected chi connectivity index (χ4v) is 14.0. The van der Waals surface area contributed by atoms with E-state index in [9.17, 15) is 63.1 Å². The van der Waals surface area contributed by atoms with Gasteiger partial charge in [0.05, 0.1) is 184 Å². The van der Waals surface area contributed by atoms with E-state index in [0.717, 1.165) is 11.1 Å². The molecule has 15 rings (SSSR count). The average molecular weight is 1320 g/mol. The van der Waals surface area contributed by atoms with Crippen molar-refractivity contribution in [3.8, 4) is 174 Å². The SMILES string of the molecule is N#Cc1cc(C#N)c(-c2ccc3c(c2)c2cc(-c4c(C#N)cc(C#N)cc4C#N)ccc2n3-c2ccccc2-c2ccc(-c3nc(-c4ccccc4)cc(-c4ccccc4)n3)cc2-n2c3ccc(-c4c(C#N)cc(C#N)cc4C#N)cc3c3cc(-c4c(C#N)cc(C#N)cc4C#N)ccc32)c(C#N)c1. The normalized spacial score (nSPS) is 10.6. The first-order valence-corrected chi connectivity index (χ1v) is 32.0. The summed E-state index contributed by atoms with van der Waals surface area (Å²) in [5, 5.41) is 128. The second-order valence-electron chi connectivity index (χ2n) is 24.2. The number of fused-ring (bicyclic) bond motifs is 6. The second kappa shape index (κ2) is 26.0. The van der Waals surface area contributed by atoms with Crippen LogP contribution in [0.3, 0.4) is 0 Å². The van der Waals surface area contributed by atoms with E-state index < -0.39 is 0 Å². The van der Waals surface area contributed by atoms with Gasteiger partial charge in [-0.1, -0.05) is 115 Å². The maximum absolute atomic E-state index is 10.7. The highest BCUT2D eigenvalue weighted by Gasteiger charge is 2.27. The molecular formula is C88H38N16. The molecule has 104 heavy (non-hydrogen) atoms. The zero-order valence-corrected chi connectivity index (χ0v) is 54.1. The van der Waals surface area contributed by atoms with Crippen molar-refractivity contribution in [1.82, 2.24) is 19.1 Å². The van der Waals surface area contributed by atoms with Crippen LogP contribution in [0.1, 0.15) is 66.8 Å². The van der Waals surface area contributed by atoms with Gasteiger partial charge in [0.15, 0.2) is 5.82 Å². The number of nitrogens with zero attached hydrogens (tertiary/aromatic N) is 16. The lowest BCUT2D eigenvalue weighted by molar-refractivity contribution is 1.15. The molecule has 0 bridgehead atoms. The lowest BCUT2D eigenvalue weighted by Gasteiger charge is -2.20. The minimum atomic E-state index is 0.0946. The van der Waals surface area contributed by atoms with Crippen LogP contribution in [0.5, 0.6) is 0 Å². The number of nitriles is 12. The molecule has 0 fully saturated rings. The Morgan fingerprint density at radius 3 is 0.808 bits per heavy atom. The van der Waals surface area contributed by atoms with E-state index in [1.54, 1.807) is 0 Å². The highest BCUT2D eigenvalue weighted by Crippen LogP contribution is 2.47. The predicted octanol–water partition coefficient (Wildman–Crippen LogP) is 18.5. The molecule has 3 heterocycles. The molecule has 16 nitrogen and oxygen atoms in total. The van der Waals surface area contributed by atoms with E-state index in [1.807, 2.05) is 182 Å². The molecule has 0 saturated heterocycles. The standard InChI is InChI=1S/C88H38N16/c89-39-51-25-62(43-93)84(63(26-51)44-94)57-16-21-79-72(33-57)73-34-58(85-64(45-95)27-52(40-90)28-65(85)46-96)17-22-80(73)103(79)78-14-8-7-13-70(78)71-20-15-61(88-101-76(55-9-3-1-4-10-55)38-77(102-88)56-11-5-2-6-12-56)37-83(71)104-81-23-18-59(86-66(47-97)29-53(41-91)30-67(86)48-98)35-74(81)75-36-60(19-24-82(75)104)87-68(49-99)31-54(42-92)32-69(87)50-100/h1-38H. The van der Waals surface area contributed by atoms with Gasteiger partial charge in [-0.15, -0.1) is 0 Å². The Bertz CT molecular complexity index is 6390. The summed E-state index contributed by atoms with van der Waals surface area (Å²) in [7, 11) is 0. The Morgan fingerprint density at radius 2 is 0.500 bits per heavy atom. The van der Waals surface area contributed by atoms with Crippen LogP contribution in [0.25, 0.3) is 145 Å². The molecule has 0 radical (unpaired) electrons. The van der Waals surface area contributed by atoms with Crippen molar-refractivity contribution in [2.24, 2.45) is 0 Å². The first-order chi connectivity index (χ1) is 51.0. The van der Waals surface area contributed by atoms with Crippen LogP contribution in [-0.2, 0) is 0 Å². The third-order valence-electron chi connectivity index (χ3n) is 18.5. The van der Waals surface area contributed by atoms with Gasteiger partial charge in [-0.2, -0.15) is 63.1 Å². The van der Waals surface area contributed by atoms with Crippen molar-refractivity contribution in [1.29, 1.82) is 63.1 Å². The summed E-state index contributed by atoms with van der Waals surface area (Å²) in [6, 6.07) is 95.2. The molecule has 0 amide bonds. The lowest BCUT2D eigenvalue weighted by Crippen LogP contribution is -2.03. The van der Waals surface area contributed by atoms with Crippen molar-refractivity contribution in [2.75, 3.05) is 0 Å². The molecule has 0 aliphatic heterocycles. The van der Waals surface area contributed by atoms with Crippen LogP contribution in [0.2, 0.25) is 0 Å². The second-order valence-corrected chi connectivity index (χ2v) is 24.2. The maximum atomic E-state index is 10.7. The van der Waals surface area contributed by atoms with Crippen LogP contribution >= 0.6 is 0 Å². The van der Waals surface area contributed by atoms with Gasteiger partial charge < -0.3 is 9.13 Å². The first kappa shape index (κ1) is 63.3. The Balaban J connectivity index is 1.06. The van der Waals surface area contributed by atoms with Crippen LogP contribution in [0, 0.1) is 136 Å². The average Bonchev–Trinajstić information content (AvgIpc) is 1.56. The smallest absolute Gasteiger partial charge is 0.160 e. The summed E-state index contributed by atoms with van der Waals surface area (Å²) in [6.45, 7) is 0. The summed E-state index contributed by atoms with van der Waals surface area (Å²) < 4.78 is 4.18. The fourth-order valence-electron chi connectivity index (χ4n) is 14.0. The summed E-state index contributed by atoms with van der Waals surface area (Å²) >= 11 is 0. The number of para-hydroxylation sites is 1. The Morgan fingerprint density at radius 1 is 0.221 bits per heavy atom. The van der Waals surface area contributed by atoms with Crippen molar-refractivity contribution in [2.45, 2.75) is 0 Å². The molecule has 15 aromatic rings. The third-order valence-corrected chi connectivity index (χ3v) is 18.5. The molecular weight excluding hydrogens is 1280 g/mol. The molecule has 0 atom stereocenters. The van der Waals surface area contributed by atoms with E-state index in [1.165, 1.54) is 48.5 Å². The number of aromatic nitrogens is 4. The molecule has 16 heteroatoms. The number of benzene rings is 12. The van der Waals surface area contributed by atoms with Crippen LogP contribution in [-0.4, -0.2) is 19.1 Å². The van der Waals surface area contributed by atoms with E-state index in [0.29, 0.717) is 133 Å². The van der Waals surface area contributed by atoms with Crippen molar-refractivity contribution in [3.05, 3.63) is 297 Å². The highest BCUT2D eigenvalue weighted by molar-refractivity contribution is 6.15. The lowest BCUT2D eigenvalue weighted by atomic mass is 9.91. The first-order valence-electron chi connectivity index (χ1n) is 32.0. The molecule has 3 aromatic heterocycles.